The van der Waals surface area contributed by atoms with Crippen molar-refractivity contribution < 1.29 is 0 Å². The predicted octanol–water partition coefficient (Wildman–Crippen LogP) is 3.14. The summed E-state index contributed by atoms with van der Waals surface area (Å²) in [6, 6.07) is 18.4. The molecule has 0 amide bonds. The molecule has 0 unspecified atom stereocenters. The number of nitrogens with one attached hydrogen (secondary N) is 2. The van der Waals surface area contributed by atoms with Crippen LogP contribution in [0.15, 0.2) is 59.7 Å². The van der Waals surface area contributed by atoms with Crippen LogP contribution < -0.4 is 15.6 Å². The van der Waals surface area contributed by atoms with Gasteiger partial charge in [-0.15, -0.1) is 0 Å². The van der Waals surface area contributed by atoms with Crippen LogP contribution in [0.3, 0.4) is 0 Å². The monoisotopic (exact) mass is 326 g/mol. The Labute approximate surface area is 143 Å². The van der Waals surface area contributed by atoms with Crippen molar-refractivity contribution in [2.75, 3.05) is 19.0 Å². The lowest BCUT2D eigenvalue weighted by Crippen LogP contribution is -2.32. The van der Waals surface area contributed by atoms with E-state index in [1.165, 1.54) is 5.56 Å². The zero-order chi connectivity index (χ0) is 16.7. The van der Waals surface area contributed by atoms with Gasteiger partial charge >= 0.3 is 0 Å². The molecule has 5 heteroatoms. The summed E-state index contributed by atoms with van der Waals surface area (Å²) >= 11 is 5.24. The average molecular weight is 326 g/mol. The zero-order valence-corrected chi connectivity index (χ0v) is 14.5. The summed E-state index contributed by atoms with van der Waals surface area (Å²) in [6.45, 7) is 2.64. The molecule has 0 aliphatic carbocycles. The Hall–Kier alpha value is -2.40. The number of benzene rings is 2. The first kappa shape index (κ1) is 17.0. The number of nitrogens with zero attached hydrogens (tertiary/aromatic N) is 2. The third-order valence-corrected chi connectivity index (χ3v) is 3.66. The fraction of sp³-hybridized carbons (Fsp3) is 0.222. The highest BCUT2D eigenvalue weighted by Crippen LogP contribution is 2.12. The maximum atomic E-state index is 5.24. The average Bonchev–Trinajstić information content (AvgIpc) is 2.58. The molecule has 2 N–H and O–H groups in total. The SMILES string of the molecule is C/C(=N/NC(=S)NCc1ccccc1)c1ccc(N(C)C)cc1. The van der Waals surface area contributed by atoms with E-state index in [4.69, 9.17) is 12.2 Å². The molecular formula is C18H22N4S. The van der Waals surface area contributed by atoms with Crippen LogP contribution in [-0.2, 0) is 6.54 Å². The first-order valence-electron chi connectivity index (χ1n) is 7.46. The van der Waals surface area contributed by atoms with Crippen LogP contribution in [-0.4, -0.2) is 24.9 Å². The maximum absolute atomic E-state index is 5.24. The van der Waals surface area contributed by atoms with E-state index >= 15 is 0 Å². The number of rotatable bonds is 5. The van der Waals surface area contributed by atoms with E-state index in [9.17, 15) is 0 Å². The lowest BCUT2D eigenvalue weighted by molar-refractivity contribution is 0.866. The van der Waals surface area contributed by atoms with Gasteiger partial charge in [0.2, 0.25) is 0 Å². The van der Waals surface area contributed by atoms with Crippen molar-refractivity contribution >= 4 is 28.7 Å². The minimum Gasteiger partial charge on any atom is -0.378 e. The molecule has 0 aromatic heterocycles. The van der Waals surface area contributed by atoms with Gasteiger partial charge in [-0.1, -0.05) is 42.5 Å². The van der Waals surface area contributed by atoms with Gasteiger partial charge in [-0.3, -0.25) is 5.43 Å². The zero-order valence-electron chi connectivity index (χ0n) is 13.7. The standard InChI is InChI=1S/C18H22N4S/c1-14(16-9-11-17(12-10-16)22(2)3)20-21-18(23)19-13-15-7-5-4-6-8-15/h4-12H,13H2,1-3H3,(H2,19,21,23)/b20-14-. The fourth-order valence-corrected chi connectivity index (χ4v) is 2.14. The number of hydrazone groups is 1. The second-order valence-corrected chi connectivity index (χ2v) is 5.83. The molecule has 0 aliphatic heterocycles. The van der Waals surface area contributed by atoms with Crippen molar-refractivity contribution in [3.8, 4) is 0 Å². The van der Waals surface area contributed by atoms with Gasteiger partial charge in [-0.2, -0.15) is 5.10 Å². The Morgan fingerprint density at radius 1 is 1.04 bits per heavy atom. The highest BCUT2D eigenvalue weighted by Gasteiger charge is 2.00. The van der Waals surface area contributed by atoms with Crippen LogP contribution in [0.5, 0.6) is 0 Å². The lowest BCUT2D eigenvalue weighted by Gasteiger charge is -2.12. The quantitative estimate of drug-likeness (QED) is 0.503. The van der Waals surface area contributed by atoms with Crippen LogP contribution in [0.1, 0.15) is 18.1 Å². The molecule has 0 spiro atoms. The van der Waals surface area contributed by atoms with Crippen LogP contribution in [0.4, 0.5) is 5.69 Å². The van der Waals surface area contributed by atoms with Crippen molar-refractivity contribution in [3.05, 3.63) is 65.7 Å². The van der Waals surface area contributed by atoms with Crippen molar-refractivity contribution in [2.45, 2.75) is 13.5 Å². The van der Waals surface area contributed by atoms with Gasteiger partial charge < -0.3 is 10.2 Å². The molecule has 0 fully saturated rings. The molecule has 2 aromatic rings. The topological polar surface area (TPSA) is 39.7 Å². The molecule has 0 radical (unpaired) electrons. The minimum atomic E-state index is 0.512. The highest BCUT2D eigenvalue weighted by atomic mass is 32.1. The van der Waals surface area contributed by atoms with E-state index < -0.39 is 0 Å². The maximum Gasteiger partial charge on any atom is 0.187 e. The third-order valence-electron chi connectivity index (χ3n) is 3.42. The first-order valence-corrected chi connectivity index (χ1v) is 7.87. The summed E-state index contributed by atoms with van der Waals surface area (Å²) in [6.07, 6.45) is 0. The highest BCUT2D eigenvalue weighted by molar-refractivity contribution is 7.80. The normalized spacial score (nSPS) is 11.0. The van der Waals surface area contributed by atoms with Gasteiger partial charge in [0.25, 0.3) is 0 Å². The molecule has 0 aliphatic rings. The molecule has 4 nitrogen and oxygen atoms in total. The van der Waals surface area contributed by atoms with Gasteiger partial charge in [0.15, 0.2) is 5.11 Å². The Bertz CT molecular complexity index is 663. The Kier molecular flexibility index (Phi) is 6.11. The van der Waals surface area contributed by atoms with E-state index in [1.807, 2.05) is 39.2 Å². The molecule has 2 aromatic carbocycles. The molecule has 2 rings (SSSR count). The van der Waals surface area contributed by atoms with E-state index in [0.29, 0.717) is 11.7 Å². The third kappa shape index (κ3) is 5.38. The Morgan fingerprint density at radius 3 is 2.30 bits per heavy atom. The second-order valence-electron chi connectivity index (χ2n) is 5.42. The summed E-state index contributed by atoms with van der Waals surface area (Å²) in [4.78, 5) is 2.07. The van der Waals surface area contributed by atoms with E-state index in [1.54, 1.807) is 0 Å². The van der Waals surface area contributed by atoms with Crippen LogP contribution in [0.25, 0.3) is 0 Å². The van der Waals surface area contributed by atoms with Gasteiger partial charge in [-0.05, 0) is 42.4 Å². The number of anilines is 1. The molecule has 0 saturated carbocycles. The predicted molar refractivity (Wildman–Crippen MR) is 102 cm³/mol. The summed E-state index contributed by atoms with van der Waals surface area (Å²) in [7, 11) is 4.04. The van der Waals surface area contributed by atoms with Crippen molar-refractivity contribution in [1.82, 2.24) is 10.7 Å². The smallest absolute Gasteiger partial charge is 0.187 e. The molecule has 0 heterocycles. The van der Waals surface area contributed by atoms with E-state index in [-0.39, 0.29) is 0 Å². The van der Waals surface area contributed by atoms with Crippen LogP contribution in [0, 0.1) is 0 Å². The van der Waals surface area contributed by atoms with Crippen molar-refractivity contribution in [1.29, 1.82) is 0 Å². The first-order chi connectivity index (χ1) is 11.1. The fourth-order valence-electron chi connectivity index (χ4n) is 2.02. The molecule has 120 valence electrons. The van der Waals surface area contributed by atoms with Gasteiger partial charge in [0, 0.05) is 26.3 Å². The molecule has 23 heavy (non-hydrogen) atoms. The van der Waals surface area contributed by atoms with Crippen LogP contribution >= 0.6 is 12.2 Å². The summed E-state index contributed by atoms with van der Waals surface area (Å²) in [5.74, 6) is 0. The van der Waals surface area contributed by atoms with E-state index in [0.717, 1.165) is 17.0 Å². The largest absolute Gasteiger partial charge is 0.378 e. The number of hydrogen-bond acceptors (Lipinski definition) is 3. The van der Waals surface area contributed by atoms with Crippen molar-refractivity contribution in [3.63, 3.8) is 0 Å². The lowest BCUT2D eigenvalue weighted by atomic mass is 10.1. The van der Waals surface area contributed by atoms with Gasteiger partial charge in [-0.25, -0.2) is 0 Å². The summed E-state index contributed by atoms with van der Waals surface area (Å²) < 4.78 is 0. The Balaban J connectivity index is 1.87. The number of hydrogen-bond donors (Lipinski definition) is 2. The van der Waals surface area contributed by atoms with Gasteiger partial charge in [0.1, 0.15) is 0 Å². The van der Waals surface area contributed by atoms with E-state index in [2.05, 4.69) is 57.1 Å². The molecule has 0 atom stereocenters. The molecular weight excluding hydrogens is 304 g/mol. The number of thiocarbonyl (C=S) groups is 1. The molecule has 0 bridgehead atoms. The Morgan fingerprint density at radius 2 is 1.70 bits per heavy atom. The molecule has 0 saturated heterocycles. The second kappa shape index (κ2) is 8.29. The minimum absolute atomic E-state index is 0.512. The van der Waals surface area contributed by atoms with Crippen molar-refractivity contribution in [2.24, 2.45) is 5.10 Å². The summed E-state index contributed by atoms with van der Waals surface area (Å²) in [5.41, 5.74) is 7.18. The van der Waals surface area contributed by atoms with Crippen LogP contribution in [0.2, 0.25) is 0 Å². The summed E-state index contributed by atoms with van der Waals surface area (Å²) in [5, 5.41) is 7.98. The van der Waals surface area contributed by atoms with Gasteiger partial charge in [0.05, 0.1) is 5.71 Å².